The predicted molar refractivity (Wildman–Crippen MR) is 91.6 cm³/mol. The molecule has 0 aliphatic carbocycles. The van der Waals surface area contributed by atoms with Gasteiger partial charge in [-0.25, -0.2) is 8.42 Å². The van der Waals surface area contributed by atoms with Crippen LogP contribution in [0.1, 0.15) is 12.5 Å². The first kappa shape index (κ1) is 16.4. The van der Waals surface area contributed by atoms with Gasteiger partial charge in [-0.15, -0.1) is 11.3 Å². The van der Waals surface area contributed by atoms with Crippen molar-refractivity contribution in [2.24, 2.45) is 0 Å². The first-order chi connectivity index (χ1) is 10.9. The normalized spacial score (nSPS) is 15.5. The summed E-state index contributed by atoms with van der Waals surface area (Å²) in [5.41, 5.74) is 1.95. The maximum atomic E-state index is 12.6. The Bertz CT molecular complexity index is 848. The van der Waals surface area contributed by atoms with Gasteiger partial charge in [-0.2, -0.15) is 4.72 Å². The highest BCUT2D eigenvalue weighted by Gasteiger charge is 2.30. The third-order valence-corrected chi connectivity index (χ3v) is 6.93. The SMILES string of the molecule is C[C@@H](NS(=O)(=O)c1ccc(Cl)s1)C(=O)N1CCc2ccccc21. The van der Waals surface area contributed by atoms with Crippen LogP contribution in [-0.4, -0.2) is 26.9 Å². The largest absolute Gasteiger partial charge is 0.310 e. The Balaban J connectivity index is 1.76. The van der Waals surface area contributed by atoms with Crippen LogP contribution in [0.25, 0.3) is 0 Å². The van der Waals surface area contributed by atoms with Crippen molar-refractivity contribution in [1.29, 1.82) is 0 Å². The van der Waals surface area contributed by atoms with Gasteiger partial charge >= 0.3 is 0 Å². The molecule has 0 spiro atoms. The van der Waals surface area contributed by atoms with Gasteiger partial charge in [0.1, 0.15) is 4.21 Å². The van der Waals surface area contributed by atoms with Gasteiger partial charge in [-0.1, -0.05) is 29.8 Å². The minimum Gasteiger partial charge on any atom is -0.310 e. The third-order valence-electron chi connectivity index (χ3n) is 3.67. The number of benzene rings is 1. The van der Waals surface area contributed by atoms with Crippen molar-refractivity contribution in [3.63, 3.8) is 0 Å². The Morgan fingerprint density at radius 2 is 2.04 bits per heavy atom. The number of fused-ring (bicyclic) bond motifs is 1. The van der Waals surface area contributed by atoms with Crippen LogP contribution in [0.4, 0.5) is 5.69 Å². The summed E-state index contributed by atoms with van der Waals surface area (Å²) >= 11 is 6.74. The molecule has 1 atom stereocenters. The molecule has 1 aromatic heterocycles. The summed E-state index contributed by atoms with van der Waals surface area (Å²) in [5.74, 6) is -0.263. The molecule has 1 aliphatic heterocycles. The van der Waals surface area contributed by atoms with Crippen LogP contribution in [0.5, 0.6) is 0 Å². The fourth-order valence-corrected chi connectivity index (χ4v) is 5.28. The Morgan fingerprint density at radius 1 is 1.30 bits per heavy atom. The van der Waals surface area contributed by atoms with Gasteiger partial charge in [-0.05, 0) is 37.1 Å². The van der Waals surface area contributed by atoms with Gasteiger partial charge in [-0.3, -0.25) is 4.79 Å². The summed E-state index contributed by atoms with van der Waals surface area (Å²) in [6.07, 6.45) is 0.780. The summed E-state index contributed by atoms with van der Waals surface area (Å²) in [5, 5.41) is 0. The Kier molecular flexibility index (Phi) is 4.46. The minimum absolute atomic E-state index is 0.101. The fraction of sp³-hybridized carbons (Fsp3) is 0.267. The van der Waals surface area contributed by atoms with Crippen LogP contribution < -0.4 is 9.62 Å². The second-order valence-corrected chi connectivity index (χ2v) is 8.93. The van der Waals surface area contributed by atoms with Crippen LogP contribution in [0, 0.1) is 0 Å². The van der Waals surface area contributed by atoms with Crippen molar-refractivity contribution in [2.45, 2.75) is 23.6 Å². The van der Waals surface area contributed by atoms with E-state index in [0.29, 0.717) is 10.9 Å². The van der Waals surface area contributed by atoms with Crippen LogP contribution in [0.3, 0.4) is 0 Å². The zero-order chi connectivity index (χ0) is 16.6. The molecule has 1 aromatic carbocycles. The Labute approximate surface area is 143 Å². The highest BCUT2D eigenvalue weighted by Crippen LogP contribution is 2.29. The van der Waals surface area contributed by atoms with E-state index in [-0.39, 0.29) is 10.1 Å². The second kappa shape index (κ2) is 6.24. The molecule has 0 unspecified atom stereocenters. The molecule has 0 radical (unpaired) electrons. The van der Waals surface area contributed by atoms with Gasteiger partial charge in [0.25, 0.3) is 10.0 Å². The summed E-state index contributed by atoms with van der Waals surface area (Å²) < 4.78 is 27.5. The third kappa shape index (κ3) is 3.28. The van der Waals surface area contributed by atoms with E-state index in [2.05, 4.69) is 4.72 Å². The summed E-state index contributed by atoms with van der Waals surface area (Å²) in [6.45, 7) is 2.12. The number of hydrogen-bond donors (Lipinski definition) is 1. The van der Waals surface area contributed by atoms with Crippen LogP contribution in [-0.2, 0) is 21.2 Å². The number of carbonyl (C=O) groups is 1. The van der Waals surface area contributed by atoms with Crippen molar-refractivity contribution in [3.05, 3.63) is 46.3 Å². The molecule has 0 saturated heterocycles. The standard InChI is InChI=1S/C15H15ClN2O3S2/c1-10(17-23(20,21)14-7-6-13(16)22-14)15(19)18-9-8-11-4-2-3-5-12(11)18/h2-7,10,17H,8-9H2,1H3/t10-/m1/s1. The van der Waals surface area contributed by atoms with E-state index in [4.69, 9.17) is 11.6 Å². The maximum absolute atomic E-state index is 12.6. The van der Waals surface area contributed by atoms with Gasteiger partial charge < -0.3 is 4.90 Å². The summed E-state index contributed by atoms with van der Waals surface area (Å²) in [4.78, 5) is 14.2. The molecule has 8 heteroatoms. The molecule has 0 bridgehead atoms. The van der Waals surface area contributed by atoms with Crippen LogP contribution >= 0.6 is 22.9 Å². The average Bonchev–Trinajstić information content (AvgIpc) is 3.12. The number of halogens is 1. The molecule has 5 nitrogen and oxygen atoms in total. The van der Waals surface area contributed by atoms with E-state index >= 15 is 0 Å². The smallest absolute Gasteiger partial charge is 0.250 e. The zero-order valence-corrected chi connectivity index (χ0v) is 14.7. The molecule has 122 valence electrons. The van der Waals surface area contributed by atoms with E-state index < -0.39 is 16.1 Å². The van der Waals surface area contributed by atoms with Crippen molar-refractivity contribution in [3.8, 4) is 0 Å². The minimum atomic E-state index is -3.75. The van der Waals surface area contributed by atoms with Crippen molar-refractivity contribution in [1.82, 2.24) is 4.72 Å². The molecule has 0 saturated carbocycles. The lowest BCUT2D eigenvalue weighted by molar-refractivity contribution is -0.119. The number of nitrogens with zero attached hydrogens (tertiary/aromatic N) is 1. The number of sulfonamides is 1. The first-order valence-electron chi connectivity index (χ1n) is 7.05. The fourth-order valence-electron chi connectivity index (χ4n) is 2.58. The monoisotopic (exact) mass is 370 g/mol. The van der Waals surface area contributed by atoms with Crippen molar-refractivity contribution < 1.29 is 13.2 Å². The van der Waals surface area contributed by atoms with Gasteiger partial charge in [0.2, 0.25) is 5.91 Å². The maximum Gasteiger partial charge on any atom is 0.250 e. The number of anilines is 1. The number of rotatable bonds is 4. The predicted octanol–water partition coefficient (Wildman–Crippen LogP) is 2.66. The lowest BCUT2D eigenvalue weighted by Gasteiger charge is -2.22. The van der Waals surface area contributed by atoms with E-state index in [1.165, 1.54) is 12.1 Å². The number of para-hydroxylation sites is 1. The molecule has 1 N–H and O–H groups in total. The first-order valence-corrected chi connectivity index (χ1v) is 9.73. The number of nitrogens with one attached hydrogen (secondary N) is 1. The van der Waals surface area contributed by atoms with E-state index in [9.17, 15) is 13.2 Å². The van der Waals surface area contributed by atoms with Crippen LogP contribution in [0.15, 0.2) is 40.6 Å². The van der Waals surface area contributed by atoms with Crippen molar-refractivity contribution >= 4 is 44.6 Å². The highest BCUT2D eigenvalue weighted by atomic mass is 35.5. The number of carbonyl (C=O) groups excluding carboxylic acids is 1. The lowest BCUT2D eigenvalue weighted by Crippen LogP contribution is -2.46. The zero-order valence-electron chi connectivity index (χ0n) is 12.3. The quantitative estimate of drug-likeness (QED) is 0.899. The second-order valence-electron chi connectivity index (χ2n) is 5.27. The Morgan fingerprint density at radius 3 is 2.74 bits per heavy atom. The average molecular weight is 371 g/mol. The molecular weight excluding hydrogens is 356 g/mol. The molecule has 1 amide bonds. The van der Waals surface area contributed by atoms with Gasteiger partial charge in [0, 0.05) is 12.2 Å². The van der Waals surface area contributed by atoms with E-state index in [1.807, 2.05) is 24.3 Å². The number of amides is 1. The molecule has 0 fully saturated rings. The number of hydrogen-bond acceptors (Lipinski definition) is 4. The van der Waals surface area contributed by atoms with Gasteiger partial charge in [0.05, 0.1) is 10.4 Å². The number of thiophene rings is 1. The molecule has 3 rings (SSSR count). The van der Waals surface area contributed by atoms with E-state index in [1.54, 1.807) is 11.8 Å². The topological polar surface area (TPSA) is 66.5 Å². The van der Waals surface area contributed by atoms with Crippen molar-refractivity contribution in [2.75, 3.05) is 11.4 Å². The molecule has 23 heavy (non-hydrogen) atoms. The molecule has 2 heterocycles. The van der Waals surface area contributed by atoms with Crippen LogP contribution in [0.2, 0.25) is 4.34 Å². The highest BCUT2D eigenvalue weighted by molar-refractivity contribution is 7.91. The molecular formula is C15H15ClN2O3S2. The molecule has 1 aliphatic rings. The molecule has 2 aromatic rings. The summed E-state index contributed by atoms with van der Waals surface area (Å²) in [7, 11) is -3.75. The summed E-state index contributed by atoms with van der Waals surface area (Å²) in [6, 6.07) is 9.74. The van der Waals surface area contributed by atoms with E-state index in [0.717, 1.165) is 29.0 Å². The Hall–Kier alpha value is -1.41. The lowest BCUT2D eigenvalue weighted by atomic mass is 10.2. The van der Waals surface area contributed by atoms with Gasteiger partial charge in [0.15, 0.2) is 0 Å².